The van der Waals surface area contributed by atoms with E-state index in [4.69, 9.17) is 0 Å². The van der Waals surface area contributed by atoms with Crippen LogP contribution in [0.25, 0.3) is 0 Å². The van der Waals surface area contributed by atoms with E-state index in [0.29, 0.717) is 18.5 Å². The van der Waals surface area contributed by atoms with Crippen molar-refractivity contribution in [3.05, 3.63) is 69.6 Å². The van der Waals surface area contributed by atoms with Crippen LogP contribution in [0.4, 0.5) is 0 Å². The molecular formula is C24H32ClN3O3. The van der Waals surface area contributed by atoms with E-state index in [1.54, 1.807) is 6.20 Å². The third-order valence-corrected chi connectivity index (χ3v) is 5.65. The summed E-state index contributed by atoms with van der Waals surface area (Å²) < 4.78 is 1.46. The second kappa shape index (κ2) is 12.4. The number of aromatic nitrogens is 1. The maximum atomic E-state index is 12.8. The standard InChI is InChI=1S/C24H31N3O3.ClH/c1-25-23(29)21-16-20(18-27(24(21)30)17-19-10-4-2-5-11-19)22(28)12-6-9-15-26-13-7-3-8-14-26;/h2,4-5,10-11,16,18H,3,6-9,12-15,17H2,1H3,(H,25,29);1H. The second-order valence-corrected chi connectivity index (χ2v) is 7.92. The molecule has 7 heteroatoms. The van der Waals surface area contributed by atoms with Crippen LogP contribution in [0.15, 0.2) is 47.4 Å². The van der Waals surface area contributed by atoms with Gasteiger partial charge in [-0.05, 0) is 56.9 Å². The minimum Gasteiger partial charge on any atom is -0.355 e. The van der Waals surface area contributed by atoms with Crippen LogP contribution in [0.5, 0.6) is 0 Å². The molecule has 0 saturated carbocycles. The molecule has 1 fully saturated rings. The maximum Gasteiger partial charge on any atom is 0.263 e. The lowest BCUT2D eigenvalue weighted by Gasteiger charge is -2.26. The van der Waals surface area contributed by atoms with Gasteiger partial charge in [-0.3, -0.25) is 14.4 Å². The van der Waals surface area contributed by atoms with Gasteiger partial charge in [-0.15, -0.1) is 12.4 Å². The summed E-state index contributed by atoms with van der Waals surface area (Å²) in [4.78, 5) is 40.3. The fourth-order valence-corrected chi connectivity index (χ4v) is 3.93. The van der Waals surface area contributed by atoms with Gasteiger partial charge >= 0.3 is 0 Å². The van der Waals surface area contributed by atoms with Gasteiger partial charge in [0, 0.05) is 25.2 Å². The molecule has 0 radical (unpaired) electrons. The Kier molecular flexibility index (Phi) is 9.95. The minimum atomic E-state index is -0.471. The van der Waals surface area contributed by atoms with Crippen LogP contribution < -0.4 is 10.9 Å². The first kappa shape index (κ1) is 24.8. The highest BCUT2D eigenvalue weighted by Crippen LogP contribution is 2.12. The van der Waals surface area contributed by atoms with Crippen LogP contribution >= 0.6 is 12.4 Å². The summed E-state index contributed by atoms with van der Waals surface area (Å²) in [6.07, 6.45) is 7.66. The summed E-state index contributed by atoms with van der Waals surface area (Å²) in [6, 6.07) is 11.0. The van der Waals surface area contributed by atoms with Crippen LogP contribution in [-0.2, 0) is 6.54 Å². The van der Waals surface area contributed by atoms with Crippen LogP contribution in [0.3, 0.4) is 0 Å². The van der Waals surface area contributed by atoms with Crippen molar-refractivity contribution in [2.45, 2.75) is 45.1 Å². The number of carbonyl (C=O) groups excluding carboxylic acids is 2. The van der Waals surface area contributed by atoms with Crippen molar-refractivity contribution in [1.29, 1.82) is 0 Å². The molecule has 6 nitrogen and oxygen atoms in total. The number of unbranched alkanes of at least 4 members (excludes halogenated alkanes) is 1. The number of piperidine rings is 1. The SMILES string of the molecule is CNC(=O)c1cc(C(=O)CCCCN2CCCCC2)cn(Cc2ccccc2)c1=O.Cl. The zero-order valence-electron chi connectivity index (χ0n) is 18.1. The lowest BCUT2D eigenvalue weighted by Crippen LogP contribution is -2.32. The van der Waals surface area contributed by atoms with E-state index < -0.39 is 5.91 Å². The van der Waals surface area contributed by atoms with Crippen molar-refractivity contribution in [2.24, 2.45) is 0 Å². The molecular weight excluding hydrogens is 414 g/mol. The molecule has 1 aliphatic rings. The van der Waals surface area contributed by atoms with E-state index in [1.807, 2.05) is 30.3 Å². The normalized spacial score (nSPS) is 14.0. The van der Waals surface area contributed by atoms with Gasteiger partial charge in [-0.25, -0.2) is 0 Å². The second-order valence-electron chi connectivity index (χ2n) is 7.92. The number of pyridine rings is 1. The summed E-state index contributed by atoms with van der Waals surface area (Å²) in [6.45, 7) is 3.67. The molecule has 1 saturated heterocycles. The monoisotopic (exact) mass is 445 g/mol. The average Bonchev–Trinajstić information content (AvgIpc) is 2.78. The first-order valence-electron chi connectivity index (χ1n) is 10.8. The molecule has 168 valence electrons. The van der Waals surface area contributed by atoms with Crippen molar-refractivity contribution >= 4 is 24.1 Å². The zero-order valence-corrected chi connectivity index (χ0v) is 19.0. The highest BCUT2D eigenvalue weighted by molar-refractivity contribution is 6.00. The number of likely N-dealkylation sites (tertiary alicyclic amines) is 1. The van der Waals surface area contributed by atoms with Crippen LogP contribution in [0, 0.1) is 0 Å². The first-order chi connectivity index (χ1) is 14.6. The van der Waals surface area contributed by atoms with E-state index in [1.165, 1.54) is 36.9 Å². The molecule has 1 amide bonds. The zero-order chi connectivity index (χ0) is 21.3. The summed E-state index contributed by atoms with van der Waals surface area (Å²) in [5.41, 5.74) is 0.975. The Labute approximate surface area is 190 Å². The first-order valence-corrected chi connectivity index (χ1v) is 10.8. The van der Waals surface area contributed by atoms with Crippen LogP contribution in [-0.4, -0.2) is 47.8 Å². The Morgan fingerprint density at radius 2 is 1.74 bits per heavy atom. The Bertz CT molecular complexity index is 921. The molecule has 1 aliphatic heterocycles. The molecule has 2 heterocycles. The Balaban J connectivity index is 0.00000341. The molecule has 0 aliphatic carbocycles. The van der Waals surface area contributed by atoms with Crippen molar-refractivity contribution in [2.75, 3.05) is 26.7 Å². The third kappa shape index (κ3) is 7.04. The molecule has 1 aromatic carbocycles. The van der Waals surface area contributed by atoms with E-state index in [-0.39, 0.29) is 29.3 Å². The van der Waals surface area contributed by atoms with Crippen molar-refractivity contribution in [1.82, 2.24) is 14.8 Å². The van der Waals surface area contributed by atoms with Gasteiger partial charge < -0.3 is 14.8 Å². The molecule has 2 aromatic rings. The summed E-state index contributed by atoms with van der Waals surface area (Å²) in [7, 11) is 1.48. The number of Topliss-reactive ketones (excluding diaryl/α,β-unsaturated/α-hetero) is 1. The predicted molar refractivity (Wildman–Crippen MR) is 125 cm³/mol. The minimum absolute atomic E-state index is 0. The summed E-state index contributed by atoms with van der Waals surface area (Å²) >= 11 is 0. The quantitative estimate of drug-likeness (QED) is 0.473. The van der Waals surface area contributed by atoms with Crippen LogP contribution in [0.2, 0.25) is 0 Å². The molecule has 31 heavy (non-hydrogen) atoms. The van der Waals surface area contributed by atoms with E-state index in [2.05, 4.69) is 10.2 Å². The van der Waals surface area contributed by atoms with E-state index in [9.17, 15) is 14.4 Å². The lowest BCUT2D eigenvalue weighted by atomic mass is 10.0. The number of benzene rings is 1. The van der Waals surface area contributed by atoms with Gasteiger partial charge in [0.1, 0.15) is 5.56 Å². The molecule has 0 bridgehead atoms. The number of carbonyl (C=O) groups is 2. The van der Waals surface area contributed by atoms with Gasteiger partial charge in [0.15, 0.2) is 5.78 Å². The third-order valence-electron chi connectivity index (χ3n) is 5.65. The molecule has 0 unspecified atom stereocenters. The highest BCUT2D eigenvalue weighted by atomic mass is 35.5. The van der Waals surface area contributed by atoms with Crippen molar-refractivity contribution < 1.29 is 9.59 Å². The van der Waals surface area contributed by atoms with E-state index in [0.717, 1.165) is 38.0 Å². The number of amides is 1. The number of nitrogens with zero attached hydrogens (tertiary/aromatic N) is 2. The molecule has 3 rings (SSSR count). The topological polar surface area (TPSA) is 71.4 Å². The summed E-state index contributed by atoms with van der Waals surface area (Å²) in [5.74, 6) is -0.498. The van der Waals surface area contributed by atoms with Gasteiger partial charge in [0.05, 0.1) is 6.54 Å². The number of rotatable bonds is 9. The van der Waals surface area contributed by atoms with Crippen LogP contribution in [0.1, 0.15) is 64.8 Å². The largest absolute Gasteiger partial charge is 0.355 e. The number of nitrogens with one attached hydrogen (secondary N) is 1. The van der Waals surface area contributed by atoms with Crippen molar-refractivity contribution in [3.8, 4) is 0 Å². The van der Waals surface area contributed by atoms with Gasteiger partial charge in [0.2, 0.25) is 0 Å². The summed E-state index contributed by atoms with van der Waals surface area (Å²) in [5, 5.41) is 2.50. The smallest absolute Gasteiger partial charge is 0.263 e. The average molecular weight is 446 g/mol. The molecule has 1 aromatic heterocycles. The van der Waals surface area contributed by atoms with Gasteiger partial charge in [0.25, 0.3) is 11.5 Å². The Morgan fingerprint density at radius 3 is 2.42 bits per heavy atom. The lowest BCUT2D eigenvalue weighted by molar-refractivity contribution is 0.0961. The van der Waals surface area contributed by atoms with Crippen molar-refractivity contribution in [3.63, 3.8) is 0 Å². The number of hydrogen-bond donors (Lipinski definition) is 1. The fourth-order valence-electron chi connectivity index (χ4n) is 3.93. The highest BCUT2D eigenvalue weighted by Gasteiger charge is 2.17. The molecule has 1 N–H and O–H groups in total. The molecule has 0 atom stereocenters. The number of halogens is 1. The fraction of sp³-hybridized carbons (Fsp3) is 0.458. The number of ketones is 1. The number of hydrogen-bond acceptors (Lipinski definition) is 4. The Hall–Kier alpha value is -2.44. The van der Waals surface area contributed by atoms with Gasteiger partial charge in [-0.1, -0.05) is 36.8 Å². The maximum absolute atomic E-state index is 12.8. The Morgan fingerprint density at radius 1 is 1.03 bits per heavy atom. The van der Waals surface area contributed by atoms with Gasteiger partial charge in [-0.2, -0.15) is 0 Å². The van der Waals surface area contributed by atoms with E-state index >= 15 is 0 Å². The predicted octanol–water partition coefficient (Wildman–Crippen LogP) is 3.52. The molecule has 0 spiro atoms.